The van der Waals surface area contributed by atoms with Gasteiger partial charge in [0.15, 0.2) is 0 Å². The van der Waals surface area contributed by atoms with E-state index < -0.39 is 0 Å². The van der Waals surface area contributed by atoms with Crippen LogP contribution in [0.15, 0.2) is 133 Å². The molecule has 2 aliphatic rings. The summed E-state index contributed by atoms with van der Waals surface area (Å²) in [5.41, 5.74) is 7.02. The number of hydrogen-bond acceptors (Lipinski definition) is 6. The fourth-order valence-corrected chi connectivity index (χ4v) is 13.7. The second kappa shape index (κ2) is 19.8. The van der Waals surface area contributed by atoms with Crippen molar-refractivity contribution in [1.82, 2.24) is 0 Å². The first kappa shape index (κ1) is 53.6. The van der Waals surface area contributed by atoms with Crippen LogP contribution in [0.5, 0.6) is 34.5 Å². The molecule has 9 aromatic carbocycles. The first-order valence-electron chi connectivity index (χ1n) is 28.7. The van der Waals surface area contributed by atoms with E-state index in [2.05, 4.69) is 175 Å². The van der Waals surface area contributed by atoms with Gasteiger partial charge in [0.25, 0.3) is 11.8 Å². The molecule has 7 nitrogen and oxygen atoms in total. The number of fused-ring (bicyclic) bond motifs is 2. The summed E-state index contributed by atoms with van der Waals surface area (Å²) in [6, 6.07) is 45.7. The molecule has 0 spiro atoms. The highest BCUT2D eigenvalue weighted by Gasteiger charge is 2.40. The van der Waals surface area contributed by atoms with E-state index in [0.717, 1.165) is 80.5 Å². The summed E-state index contributed by atoms with van der Waals surface area (Å²) in [4.78, 5) is 35.6. The summed E-state index contributed by atoms with van der Waals surface area (Å²) >= 11 is 0. The normalized spacial score (nSPS) is 14.6. The molecule has 2 amide bonds. The predicted molar refractivity (Wildman–Crippen MR) is 329 cm³/mol. The Kier molecular flexibility index (Phi) is 13.4. The standard InChI is InChI=1S/C72H78N2O5/c1-43(2)51-19-17-20-52(44(3)4)66(51)74-67(75)56-39-59(78-48-29-23-45(24-30-48)71(11,12)41-69(5,6)7)63-54-22-18-21-53-58(77-50-33-27-47(28-34-50)73-37-15-16-38-73)36-35-55(61(53)54)64-60(40-57(68(74)76)62(56)65(63)64)79-49-31-25-46(26-32-49)72(13,14)42-70(8,9)10/h17-36,39-40,43-44H,15-16,37-38,41-42H2,1-14H3. The van der Waals surface area contributed by atoms with Crippen molar-refractivity contribution in [2.45, 2.75) is 145 Å². The molecule has 0 radical (unpaired) electrons. The van der Waals surface area contributed by atoms with Gasteiger partial charge in [-0.2, -0.15) is 0 Å². The van der Waals surface area contributed by atoms with Crippen LogP contribution in [0.1, 0.15) is 177 Å². The Morgan fingerprint density at radius 1 is 0.443 bits per heavy atom. The van der Waals surface area contributed by atoms with Crippen LogP contribution in [0.3, 0.4) is 0 Å². The summed E-state index contributed by atoms with van der Waals surface area (Å²) in [5, 5.41) is 6.56. The zero-order chi connectivity index (χ0) is 56.1. The molecule has 406 valence electrons. The van der Waals surface area contributed by atoms with E-state index >= 15 is 9.59 Å². The molecule has 0 bridgehead atoms. The van der Waals surface area contributed by atoms with E-state index in [-0.39, 0.29) is 45.3 Å². The predicted octanol–water partition coefficient (Wildman–Crippen LogP) is 20.2. The highest BCUT2D eigenvalue weighted by molar-refractivity contribution is 6.44. The van der Waals surface area contributed by atoms with Gasteiger partial charge in [0.05, 0.1) is 16.8 Å². The van der Waals surface area contributed by atoms with Crippen molar-refractivity contribution in [2.24, 2.45) is 10.8 Å². The van der Waals surface area contributed by atoms with Crippen LogP contribution in [0.4, 0.5) is 11.4 Å². The lowest BCUT2D eigenvalue weighted by Crippen LogP contribution is -2.42. The molecule has 1 saturated heterocycles. The van der Waals surface area contributed by atoms with E-state index in [1.807, 2.05) is 60.7 Å². The minimum Gasteiger partial charge on any atom is -0.457 e. The molecule has 0 saturated carbocycles. The summed E-state index contributed by atoms with van der Waals surface area (Å²) in [7, 11) is 0. The fourth-order valence-electron chi connectivity index (χ4n) is 13.7. The molecule has 0 atom stereocenters. The third-order valence-corrected chi connectivity index (χ3v) is 16.5. The number of para-hydroxylation sites is 1. The van der Waals surface area contributed by atoms with Crippen LogP contribution in [0.2, 0.25) is 0 Å². The number of carbonyl (C=O) groups is 2. The number of ether oxygens (including phenoxy) is 3. The van der Waals surface area contributed by atoms with Crippen molar-refractivity contribution >= 4 is 66.3 Å². The van der Waals surface area contributed by atoms with Crippen LogP contribution in [0, 0.1) is 10.8 Å². The molecule has 79 heavy (non-hydrogen) atoms. The van der Waals surface area contributed by atoms with Gasteiger partial charge in [0.1, 0.15) is 34.5 Å². The van der Waals surface area contributed by atoms with Gasteiger partial charge in [0, 0.05) is 51.1 Å². The highest BCUT2D eigenvalue weighted by atomic mass is 16.5. The lowest BCUT2D eigenvalue weighted by atomic mass is 9.72. The number of nitrogens with zero attached hydrogens (tertiary/aromatic N) is 2. The quantitative estimate of drug-likeness (QED) is 0.0614. The molecular weight excluding hydrogens is 973 g/mol. The largest absolute Gasteiger partial charge is 0.457 e. The first-order valence-corrected chi connectivity index (χ1v) is 28.7. The van der Waals surface area contributed by atoms with Crippen LogP contribution >= 0.6 is 0 Å². The fraction of sp³-hybridized carbons (Fsp3) is 0.361. The van der Waals surface area contributed by atoms with E-state index in [1.54, 1.807) is 0 Å². The van der Waals surface area contributed by atoms with Gasteiger partial charge < -0.3 is 19.1 Å². The maximum absolute atomic E-state index is 15.9. The van der Waals surface area contributed by atoms with Crippen molar-refractivity contribution in [1.29, 1.82) is 0 Å². The first-order chi connectivity index (χ1) is 37.4. The molecule has 11 rings (SSSR count). The molecule has 0 unspecified atom stereocenters. The van der Waals surface area contributed by atoms with Gasteiger partial charge in [-0.05, 0) is 165 Å². The lowest BCUT2D eigenvalue weighted by molar-refractivity contribution is 0.0892. The minimum absolute atomic E-state index is 0.0247. The maximum Gasteiger partial charge on any atom is 0.266 e. The Hall–Kier alpha value is -7.38. The average Bonchev–Trinajstić information content (AvgIpc) is 2.44. The van der Waals surface area contributed by atoms with Gasteiger partial charge in [0.2, 0.25) is 0 Å². The second-order valence-corrected chi connectivity index (χ2v) is 27.0. The van der Waals surface area contributed by atoms with Gasteiger partial charge in [-0.25, -0.2) is 4.90 Å². The topological polar surface area (TPSA) is 68.3 Å². The van der Waals surface area contributed by atoms with Crippen LogP contribution in [0.25, 0.3) is 43.1 Å². The minimum atomic E-state index is -0.389. The Morgan fingerprint density at radius 2 is 0.861 bits per heavy atom. The Morgan fingerprint density at radius 3 is 1.32 bits per heavy atom. The summed E-state index contributed by atoms with van der Waals surface area (Å²) in [6.07, 6.45) is 4.42. The van der Waals surface area contributed by atoms with Crippen molar-refractivity contribution in [3.8, 4) is 34.5 Å². The lowest BCUT2D eigenvalue weighted by Gasteiger charge is -2.34. The molecule has 9 aromatic rings. The molecule has 0 N–H and O–H groups in total. The zero-order valence-electron chi connectivity index (χ0n) is 49.0. The summed E-state index contributed by atoms with van der Waals surface area (Å²) in [6.45, 7) is 33.5. The molecule has 7 heteroatoms. The van der Waals surface area contributed by atoms with Crippen molar-refractivity contribution in [2.75, 3.05) is 22.9 Å². The van der Waals surface area contributed by atoms with Gasteiger partial charge in [-0.15, -0.1) is 0 Å². The number of amides is 2. The van der Waals surface area contributed by atoms with Crippen molar-refractivity contribution < 1.29 is 23.8 Å². The second-order valence-electron chi connectivity index (χ2n) is 27.0. The van der Waals surface area contributed by atoms with Crippen LogP contribution in [-0.4, -0.2) is 24.9 Å². The summed E-state index contributed by atoms with van der Waals surface area (Å²) < 4.78 is 21.3. The molecule has 0 aliphatic carbocycles. The maximum atomic E-state index is 15.9. The highest BCUT2D eigenvalue weighted by Crippen LogP contribution is 2.54. The Labute approximate surface area is 468 Å². The Bertz CT molecular complexity index is 3630. The van der Waals surface area contributed by atoms with Crippen LogP contribution in [-0.2, 0) is 10.8 Å². The average molecular weight is 1050 g/mol. The molecule has 2 heterocycles. The number of imide groups is 1. The molecular formula is C72H78N2O5. The molecule has 0 aromatic heterocycles. The monoisotopic (exact) mass is 1050 g/mol. The summed E-state index contributed by atoms with van der Waals surface area (Å²) in [5.74, 6) is 3.01. The SMILES string of the molecule is CC(C)c1cccc(C(C)C)c1N1C(=O)c2cc(Oc3ccc(C(C)(C)CC(C)(C)C)cc3)c3c4cccc5c(Oc6ccc(N7CCCC7)cc6)ccc(c6c(Oc7ccc(C(C)(C)CC(C)(C)C)cc7)cc(c2c36)C1=O)c54. The Balaban J connectivity index is 1.18. The molecule has 1 fully saturated rings. The van der Waals surface area contributed by atoms with Crippen LogP contribution < -0.4 is 24.0 Å². The number of rotatable bonds is 14. The van der Waals surface area contributed by atoms with Gasteiger partial charge >= 0.3 is 0 Å². The molecule has 2 aliphatic heterocycles. The zero-order valence-corrected chi connectivity index (χ0v) is 49.0. The number of benzene rings is 9. The number of anilines is 2. The van der Waals surface area contributed by atoms with E-state index in [4.69, 9.17) is 14.2 Å². The van der Waals surface area contributed by atoms with Crippen molar-refractivity contribution in [3.63, 3.8) is 0 Å². The van der Waals surface area contributed by atoms with Gasteiger partial charge in [-0.3, -0.25) is 9.59 Å². The van der Waals surface area contributed by atoms with Gasteiger partial charge in [-0.1, -0.05) is 158 Å². The van der Waals surface area contributed by atoms with Crippen molar-refractivity contribution in [3.05, 3.63) is 167 Å². The number of hydrogen-bond donors (Lipinski definition) is 0. The number of carbonyl (C=O) groups excluding carboxylic acids is 2. The smallest absolute Gasteiger partial charge is 0.266 e. The van der Waals surface area contributed by atoms with E-state index in [1.165, 1.54) is 34.6 Å². The third kappa shape index (κ3) is 9.97. The third-order valence-electron chi connectivity index (χ3n) is 16.5. The van der Waals surface area contributed by atoms with E-state index in [0.29, 0.717) is 50.9 Å². The van der Waals surface area contributed by atoms with E-state index in [9.17, 15) is 0 Å².